The highest BCUT2D eigenvalue weighted by Gasteiger charge is 2.32. The first-order valence-corrected chi connectivity index (χ1v) is 9.43. The van der Waals surface area contributed by atoms with E-state index in [0.717, 1.165) is 25.2 Å². The highest BCUT2D eigenvalue weighted by molar-refractivity contribution is 5.40. The van der Waals surface area contributed by atoms with Gasteiger partial charge < -0.3 is 5.73 Å². The Labute approximate surface area is 150 Å². The molecule has 1 aromatic rings. The van der Waals surface area contributed by atoms with Crippen LogP contribution in [0, 0.1) is 5.41 Å². The van der Waals surface area contributed by atoms with Crippen molar-refractivity contribution in [2.75, 3.05) is 12.3 Å². The maximum absolute atomic E-state index is 5.97. The Morgan fingerprint density at radius 2 is 1.83 bits per heavy atom. The molecule has 0 spiro atoms. The Hall–Kier alpha value is -1.28. The zero-order valence-electron chi connectivity index (χ0n) is 16.6. The number of hydrogen-bond acceptors (Lipinski definition) is 2. The molecular formula is C22H38N2. The number of anilines is 1. The minimum absolute atomic E-state index is 0.120. The van der Waals surface area contributed by atoms with Crippen LogP contribution in [0.3, 0.4) is 0 Å². The van der Waals surface area contributed by atoms with Gasteiger partial charge >= 0.3 is 0 Å². The van der Waals surface area contributed by atoms with Gasteiger partial charge in [-0.15, -0.1) is 6.58 Å². The molecule has 0 aromatic heterocycles. The predicted octanol–water partition coefficient (Wildman–Crippen LogP) is 6.03. The Morgan fingerprint density at radius 1 is 1.12 bits per heavy atom. The van der Waals surface area contributed by atoms with Gasteiger partial charge in [0.15, 0.2) is 0 Å². The van der Waals surface area contributed by atoms with Crippen LogP contribution in [0.25, 0.3) is 0 Å². The molecule has 0 saturated heterocycles. The van der Waals surface area contributed by atoms with E-state index in [2.05, 4.69) is 70.4 Å². The molecule has 136 valence electrons. The molecule has 0 saturated carbocycles. The van der Waals surface area contributed by atoms with Crippen molar-refractivity contribution >= 4 is 5.69 Å². The summed E-state index contributed by atoms with van der Waals surface area (Å²) in [6.07, 6.45) is 8.36. The van der Waals surface area contributed by atoms with Crippen LogP contribution >= 0.6 is 0 Å². The third-order valence-corrected chi connectivity index (χ3v) is 4.90. The van der Waals surface area contributed by atoms with Crippen molar-refractivity contribution < 1.29 is 0 Å². The lowest BCUT2D eigenvalue weighted by molar-refractivity contribution is 0.0745. The van der Waals surface area contributed by atoms with E-state index in [4.69, 9.17) is 5.73 Å². The quantitative estimate of drug-likeness (QED) is 0.305. The maximum Gasteiger partial charge on any atom is 0.0317 e. The smallest absolute Gasteiger partial charge is 0.0317 e. The standard InChI is InChI=1S/C22H38N2/c1-7-9-10-11-15-24(17-19-13-12-14-20(23)16-19)22(5,6)18-21(3,4)8-2/h8,12-14,16H,2,7,9-11,15,17-18,23H2,1,3-6H3. The first-order valence-electron chi connectivity index (χ1n) is 9.43. The van der Waals surface area contributed by atoms with Crippen LogP contribution < -0.4 is 5.73 Å². The second kappa shape index (κ2) is 9.27. The number of benzene rings is 1. The van der Waals surface area contributed by atoms with Crippen LogP contribution in [0.4, 0.5) is 5.69 Å². The van der Waals surface area contributed by atoms with Gasteiger partial charge in [-0.2, -0.15) is 0 Å². The molecule has 2 nitrogen and oxygen atoms in total. The van der Waals surface area contributed by atoms with Gasteiger partial charge in [0.1, 0.15) is 0 Å². The van der Waals surface area contributed by atoms with Gasteiger partial charge in [0.25, 0.3) is 0 Å². The van der Waals surface area contributed by atoms with Crippen LogP contribution in [-0.4, -0.2) is 17.0 Å². The fourth-order valence-corrected chi connectivity index (χ4v) is 3.54. The fraction of sp³-hybridized carbons (Fsp3) is 0.636. The second-order valence-corrected chi connectivity index (χ2v) is 8.41. The minimum atomic E-state index is 0.120. The highest BCUT2D eigenvalue weighted by atomic mass is 15.2. The van der Waals surface area contributed by atoms with Gasteiger partial charge in [-0.3, -0.25) is 4.90 Å². The van der Waals surface area contributed by atoms with Crippen molar-refractivity contribution in [2.45, 2.75) is 78.8 Å². The lowest BCUT2D eigenvalue weighted by Gasteiger charge is -2.43. The molecule has 2 heteroatoms. The molecule has 0 aliphatic heterocycles. The summed E-state index contributed by atoms with van der Waals surface area (Å²) in [4.78, 5) is 2.63. The zero-order valence-corrected chi connectivity index (χ0v) is 16.6. The molecule has 0 heterocycles. The molecule has 1 rings (SSSR count). The molecule has 1 aromatic carbocycles. The largest absolute Gasteiger partial charge is 0.399 e. The van der Waals surface area contributed by atoms with Gasteiger partial charge in [-0.25, -0.2) is 0 Å². The summed E-state index contributed by atoms with van der Waals surface area (Å²) in [5.74, 6) is 0. The van der Waals surface area contributed by atoms with E-state index in [-0.39, 0.29) is 11.0 Å². The van der Waals surface area contributed by atoms with Crippen LogP contribution in [0.15, 0.2) is 36.9 Å². The average molecular weight is 331 g/mol. The number of nitrogen functional groups attached to an aromatic ring is 1. The Bertz CT molecular complexity index is 502. The summed E-state index contributed by atoms with van der Waals surface area (Å²) in [6, 6.07) is 8.31. The van der Waals surface area contributed by atoms with E-state index in [0.29, 0.717) is 0 Å². The lowest BCUT2D eigenvalue weighted by Crippen LogP contribution is -2.46. The van der Waals surface area contributed by atoms with Crippen LogP contribution in [-0.2, 0) is 6.54 Å². The zero-order chi connectivity index (χ0) is 18.2. The van der Waals surface area contributed by atoms with Crippen molar-refractivity contribution in [2.24, 2.45) is 5.41 Å². The molecular weight excluding hydrogens is 292 g/mol. The van der Waals surface area contributed by atoms with E-state index in [1.54, 1.807) is 0 Å². The molecule has 0 amide bonds. The van der Waals surface area contributed by atoms with Crippen molar-refractivity contribution in [3.63, 3.8) is 0 Å². The van der Waals surface area contributed by atoms with E-state index in [1.807, 2.05) is 6.07 Å². The number of rotatable bonds is 11. The number of hydrogen-bond donors (Lipinski definition) is 1. The monoisotopic (exact) mass is 330 g/mol. The minimum Gasteiger partial charge on any atom is -0.399 e. The van der Waals surface area contributed by atoms with E-state index >= 15 is 0 Å². The molecule has 0 radical (unpaired) electrons. The molecule has 0 unspecified atom stereocenters. The van der Waals surface area contributed by atoms with Crippen LogP contribution in [0.2, 0.25) is 0 Å². The Morgan fingerprint density at radius 3 is 2.42 bits per heavy atom. The number of allylic oxidation sites excluding steroid dienone is 1. The molecule has 0 bridgehead atoms. The van der Waals surface area contributed by atoms with Crippen molar-refractivity contribution in [3.8, 4) is 0 Å². The van der Waals surface area contributed by atoms with Gasteiger partial charge in [-0.1, -0.05) is 58.2 Å². The van der Waals surface area contributed by atoms with Crippen LogP contribution in [0.5, 0.6) is 0 Å². The third kappa shape index (κ3) is 7.09. The summed E-state index contributed by atoms with van der Waals surface area (Å²) < 4.78 is 0. The predicted molar refractivity (Wildman–Crippen MR) is 108 cm³/mol. The summed E-state index contributed by atoms with van der Waals surface area (Å²) in [7, 11) is 0. The Balaban J connectivity index is 2.88. The SMILES string of the molecule is C=CC(C)(C)CC(C)(C)N(CCCCCC)Cc1cccc(N)c1. The van der Waals surface area contributed by atoms with Gasteiger partial charge in [0.2, 0.25) is 0 Å². The van der Waals surface area contributed by atoms with Gasteiger partial charge in [0, 0.05) is 17.8 Å². The first kappa shape index (κ1) is 20.8. The van der Waals surface area contributed by atoms with Gasteiger partial charge in [-0.05, 0) is 56.3 Å². The van der Waals surface area contributed by atoms with E-state index < -0.39 is 0 Å². The van der Waals surface area contributed by atoms with Crippen molar-refractivity contribution in [1.29, 1.82) is 0 Å². The Kier molecular flexibility index (Phi) is 8.02. The van der Waals surface area contributed by atoms with E-state index in [9.17, 15) is 0 Å². The summed E-state index contributed by atoms with van der Waals surface area (Å²) in [5.41, 5.74) is 8.38. The van der Waals surface area contributed by atoms with Crippen LogP contribution in [0.1, 0.15) is 72.3 Å². The maximum atomic E-state index is 5.97. The molecule has 2 N–H and O–H groups in total. The highest BCUT2D eigenvalue weighted by Crippen LogP contribution is 2.34. The molecule has 0 aliphatic rings. The summed E-state index contributed by atoms with van der Waals surface area (Å²) >= 11 is 0. The van der Waals surface area contributed by atoms with Gasteiger partial charge in [0.05, 0.1) is 0 Å². The third-order valence-electron chi connectivity index (χ3n) is 4.90. The summed E-state index contributed by atoms with van der Waals surface area (Å²) in [6.45, 7) is 17.7. The summed E-state index contributed by atoms with van der Waals surface area (Å²) in [5, 5.41) is 0. The first-order chi connectivity index (χ1) is 11.2. The van der Waals surface area contributed by atoms with Crippen molar-refractivity contribution in [1.82, 2.24) is 4.90 Å². The molecule has 0 fully saturated rings. The topological polar surface area (TPSA) is 29.3 Å². The lowest BCUT2D eigenvalue weighted by atomic mass is 9.79. The number of unbranched alkanes of at least 4 members (excludes halogenated alkanes) is 3. The fourth-order valence-electron chi connectivity index (χ4n) is 3.54. The molecule has 0 aliphatic carbocycles. The normalized spacial score (nSPS) is 12.6. The van der Waals surface area contributed by atoms with Crippen molar-refractivity contribution in [3.05, 3.63) is 42.5 Å². The number of nitrogens with zero attached hydrogens (tertiary/aromatic N) is 1. The number of nitrogens with two attached hydrogens (primary N) is 1. The molecule has 0 atom stereocenters. The second-order valence-electron chi connectivity index (χ2n) is 8.41. The average Bonchev–Trinajstić information content (AvgIpc) is 2.49. The van der Waals surface area contributed by atoms with E-state index in [1.165, 1.54) is 31.2 Å². The molecule has 24 heavy (non-hydrogen) atoms.